The molecule has 3 aliphatic heterocycles. The minimum absolute atomic E-state index is 0.113. The van der Waals surface area contributed by atoms with Gasteiger partial charge < -0.3 is 28.8 Å². The van der Waals surface area contributed by atoms with Crippen LogP contribution < -0.4 is 11.2 Å². The maximum Gasteiger partial charge on any atom is 0.330 e. The van der Waals surface area contributed by atoms with Crippen LogP contribution in [0.5, 0.6) is 0 Å². The fourth-order valence-electron chi connectivity index (χ4n) is 3.94. The molecule has 0 aliphatic carbocycles. The van der Waals surface area contributed by atoms with Crippen molar-refractivity contribution < 1.29 is 28.8 Å². The third-order valence-corrected chi connectivity index (χ3v) is 5.81. The number of hydrogen-bond donors (Lipinski definition) is 2. The van der Waals surface area contributed by atoms with Gasteiger partial charge in [-0.3, -0.25) is 14.3 Å². The van der Waals surface area contributed by atoms with E-state index in [4.69, 9.17) is 35.3 Å². The topological polar surface area (TPSA) is 121 Å². The predicted molar refractivity (Wildman–Crippen MR) is 104 cm³/mol. The molecular formula is C19H27ClN2O8. The van der Waals surface area contributed by atoms with Gasteiger partial charge in [0.25, 0.3) is 5.56 Å². The average Bonchev–Trinajstić information content (AvgIpc) is 3.06. The Morgan fingerprint density at radius 2 is 1.83 bits per heavy atom. The van der Waals surface area contributed by atoms with Crippen LogP contribution in [0.1, 0.15) is 44.8 Å². The largest absolute Gasteiger partial charge is 0.386 e. The molecule has 1 aromatic rings. The molecule has 3 aliphatic rings. The molecule has 4 rings (SSSR count). The van der Waals surface area contributed by atoms with Gasteiger partial charge in [-0.2, -0.15) is 0 Å². The lowest BCUT2D eigenvalue weighted by Gasteiger charge is -2.30. The van der Waals surface area contributed by atoms with Gasteiger partial charge in [0.1, 0.15) is 23.3 Å². The van der Waals surface area contributed by atoms with Crippen LogP contribution in [-0.4, -0.2) is 65.4 Å². The molecule has 0 saturated carbocycles. The highest BCUT2D eigenvalue weighted by atomic mass is 35.5. The summed E-state index contributed by atoms with van der Waals surface area (Å²) in [5, 5.41) is 10.8. The Morgan fingerprint density at radius 3 is 2.50 bits per heavy atom. The van der Waals surface area contributed by atoms with E-state index in [-0.39, 0.29) is 17.9 Å². The van der Waals surface area contributed by atoms with Crippen molar-refractivity contribution in [2.75, 3.05) is 19.8 Å². The third-order valence-electron chi connectivity index (χ3n) is 5.54. The second-order valence-corrected chi connectivity index (χ2v) is 8.13. The van der Waals surface area contributed by atoms with Crippen molar-refractivity contribution >= 4 is 11.6 Å². The Morgan fingerprint density at radius 1 is 1.13 bits per heavy atom. The van der Waals surface area contributed by atoms with E-state index in [1.54, 1.807) is 0 Å². The van der Waals surface area contributed by atoms with Crippen LogP contribution in [0, 0.1) is 0 Å². The van der Waals surface area contributed by atoms with Gasteiger partial charge in [-0.1, -0.05) is 11.6 Å². The molecule has 2 N–H and O–H groups in total. The molecule has 0 bridgehead atoms. The first-order chi connectivity index (χ1) is 14.5. The lowest BCUT2D eigenvalue weighted by Crippen LogP contribution is -2.42. The van der Waals surface area contributed by atoms with E-state index >= 15 is 0 Å². The Bertz CT molecular complexity index is 817. The maximum absolute atomic E-state index is 12.3. The molecule has 0 radical (unpaired) electrons. The Hall–Kier alpha value is -1.27. The van der Waals surface area contributed by atoms with Gasteiger partial charge in [-0.15, -0.1) is 0 Å². The molecule has 1 aromatic heterocycles. The summed E-state index contributed by atoms with van der Waals surface area (Å²) in [6, 6.07) is 0. The van der Waals surface area contributed by atoms with Crippen molar-refractivity contribution in [2.45, 2.75) is 75.6 Å². The minimum Gasteiger partial charge on any atom is -0.386 e. The molecule has 168 valence electrons. The number of aliphatic hydroxyl groups is 1. The third kappa shape index (κ3) is 4.96. The SMILES string of the molecule is O=c1[nH]c(=O)n([C@@H]2O[C@H](COC3CCCCO3)[C@@H](OC3CCCCO3)[C@H]2O)cc1Cl. The highest BCUT2D eigenvalue weighted by Crippen LogP contribution is 2.33. The quantitative estimate of drug-likeness (QED) is 0.661. The number of H-pyrrole nitrogens is 1. The first-order valence-electron chi connectivity index (χ1n) is 10.4. The van der Waals surface area contributed by atoms with Gasteiger partial charge in [0, 0.05) is 19.4 Å². The number of halogens is 1. The number of nitrogens with one attached hydrogen (secondary N) is 1. The van der Waals surface area contributed by atoms with E-state index < -0.39 is 42.1 Å². The zero-order valence-corrected chi connectivity index (χ0v) is 17.3. The summed E-state index contributed by atoms with van der Waals surface area (Å²) < 4.78 is 30.1. The average molecular weight is 447 g/mol. The van der Waals surface area contributed by atoms with Crippen molar-refractivity contribution in [1.29, 1.82) is 0 Å². The molecule has 10 nitrogen and oxygen atoms in total. The fraction of sp³-hybridized carbons (Fsp3) is 0.789. The summed E-state index contributed by atoms with van der Waals surface area (Å²) >= 11 is 5.87. The lowest BCUT2D eigenvalue weighted by atomic mass is 10.1. The summed E-state index contributed by atoms with van der Waals surface area (Å²) in [6.45, 7) is 1.34. The smallest absolute Gasteiger partial charge is 0.330 e. The first-order valence-corrected chi connectivity index (χ1v) is 10.8. The predicted octanol–water partition coefficient (Wildman–Crippen LogP) is 0.903. The summed E-state index contributed by atoms with van der Waals surface area (Å²) in [7, 11) is 0. The van der Waals surface area contributed by atoms with Crippen LogP contribution in [0.2, 0.25) is 5.02 Å². The molecule has 30 heavy (non-hydrogen) atoms. The molecule has 3 fully saturated rings. The van der Waals surface area contributed by atoms with Crippen LogP contribution in [0.15, 0.2) is 15.8 Å². The van der Waals surface area contributed by atoms with Crippen LogP contribution in [0.4, 0.5) is 0 Å². The van der Waals surface area contributed by atoms with Gasteiger partial charge in [0.05, 0.1) is 6.61 Å². The van der Waals surface area contributed by atoms with E-state index in [2.05, 4.69) is 4.98 Å². The fourth-order valence-corrected chi connectivity index (χ4v) is 4.09. The zero-order valence-electron chi connectivity index (χ0n) is 16.5. The van der Waals surface area contributed by atoms with Crippen molar-refractivity contribution in [2.24, 2.45) is 0 Å². The number of ether oxygens (including phenoxy) is 5. The van der Waals surface area contributed by atoms with Crippen molar-refractivity contribution in [3.63, 3.8) is 0 Å². The molecular weight excluding hydrogens is 420 g/mol. The molecule has 2 unspecified atom stereocenters. The number of aromatic nitrogens is 2. The van der Waals surface area contributed by atoms with Gasteiger partial charge in [0.15, 0.2) is 18.8 Å². The molecule has 6 atom stereocenters. The second-order valence-electron chi connectivity index (χ2n) is 7.73. The van der Waals surface area contributed by atoms with Crippen molar-refractivity contribution in [1.82, 2.24) is 9.55 Å². The molecule has 4 heterocycles. The van der Waals surface area contributed by atoms with Gasteiger partial charge in [0.2, 0.25) is 0 Å². The van der Waals surface area contributed by atoms with Crippen molar-refractivity contribution in [3.8, 4) is 0 Å². The molecule has 0 aromatic carbocycles. The van der Waals surface area contributed by atoms with Crippen LogP contribution >= 0.6 is 11.6 Å². The summed E-state index contributed by atoms with van der Waals surface area (Å²) in [4.78, 5) is 26.0. The molecule has 0 spiro atoms. The second kappa shape index (κ2) is 9.90. The first kappa shape index (κ1) is 21.9. The van der Waals surface area contributed by atoms with Crippen molar-refractivity contribution in [3.05, 3.63) is 32.1 Å². The monoisotopic (exact) mass is 446 g/mol. The van der Waals surface area contributed by atoms with E-state index in [1.165, 1.54) is 0 Å². The number of nitrogens with zero attached hydrogens (tertiary/aromatic N) is 1. The Balaban J connectivity index is 1.51. The number of aliphatic hydroxyl groups excluding tert-OH is 1. The minimum atomic E-state index is -1.20. The van der Waals surface area contributed by atoms with Crippen LogP contribution in [0.3, 0.4) is 0 Å². The summed E-state index contributed by atoms with van der Waals surface area (Å²) in [6.07, 6.45) is 2.02. The zero-order chi connectivity index (χ0) is 21.1. The van der Waals surface area contributed by atoms with Crippen LogP contribution in [0.25, 0.3) is 0 Å². The number of rotatable bonds is 6. The molecule has 11 heteroatoms. The van der Waals surface area contributed by atoms with E-state index in [0.29, 0.717) is 19.6 Å². The summed E-state index contributed by atoms with van der Waals surface area (Å²) in [5.41, 5.74) is -1.44. The van der Waals surface area contributed by atoms with Gasteiger partial charge >= 0.3 is 5.69 Å². The van der Waals surface area contributed by atoms with Gasteiger partial charge in [-0.25, -0.2) is 4.79 Å². The van der Waals surface area contributed by atoms with E-state index in [9.17, 15) is 14.7 Å². The lowest BCUT2D eigenvalue weighted by molar-refractivity contribution is -0.223. The van der Waals surface area contributed by atoms with E-state index in [0.717, 1.165) is 42.9 Å². The maximum atomic E-state index is 12.3. The Kier molecular flexibility index (Phi) is 7.24. The number of hydrogen-bond acceptors (Lipinski definition) is 8. The molecule has 0 amide bonds. The highest BCUT2D eigenvalue weighted by molar-refractivity contribution is 6.30. The standard InChI is InChI=1S/C19H27ClN2O8/c20-11-9-22(19(25)21-17(11)24)18-15(23)16(30-14-6-2-4-8-27-14)12(29-18)10-28-13-5-1-3-7-26-13/h9,12-16,18,23H,1-8,10H2,(H,21,24,25)/t12-,13?,14?,15-,16-,18-/m1/s1. The van der Waals surface area contributed by atoms with E-state index in [1.807, 2.05) is 0 Å². The van der Waals surface area contributed by atoms with Crippen LogP contribution in [-0.2, 0) is 23.7 Å². The summed E-state index contributed by atoms with van der Waals surface area (Å²) in [5.74, 6) is 0. The Labute approximate surface area is 178 Å². The van der Waals surface area contributed by atoms with Gasteiger partial charge in [-0.05, 0) is 38.5 Å². The molecule has 3 saturated heterocycles. The number of aromatic amines is 1. The normalized spacial score (nSPS) is 34.9. The highest BCUT2D eigenvalue weighted by Gasteiger charge is 2.47.